The van der Waals surface area contributed by atoms with E-state index >= 15 is 0 Å². The van der Waals surface area contributed by atoms with Crippen LogP contribution >= 0.6 is 0 Å². The first-order chi connectivity index (χ1) is 14.8. The third kappa shape index (κ3) is 6.63. The van der Waals surface area contributed by atoms with Crippen molar-refractivity contribution in [3.05, 3.63) is 29.6 Å². The first kappa shape index (κ1) is 26.5. The van der Waals surface area contributed by atoms with E-state index in [-0.39, 0.29) is 10.9 Å². The van der Waals surface area contributed by atoms with Gasteiger partial charge in [0.15, 0.2) is 0 Å². The Balaban J connectivity index is 0.000000451. The minimum atomic E-state index is -5.08. The zero-order valence-corrected chi connectivity index (χ0v) is 19.1. The second-order valence-corrected chi connectivity index (χ2v) is 10.7. The summed E-state index contributed by atoms with van der Waals surface area (Å²) < 4.78 is 69.5. The summed E-state index contributed by atoms with van der Waals surface area (Å²) in [4.78, 5) is 13.3. The molecular formula is C20H29F3N2O6S. The molecule has 2 fully saturated rings. The van der Waals surface area contributed by atoms with E-state index in [0.717, 1.165) is 24.2 Å². The molecule has 1 aromatic heterocycles. The van der Waals surface area contributed by atoms with Crippen LogP contribution in [0, 0.1) is 12.8 Å². The van der Waals surface area contributed by atoms with Crippen molar-refractivity contribution in [3.63, 3.8) is 0 Å². The highest BCUT2D eigenvalue weighted by atomic mass is 32.2. The fourth-order valence-corrected chi connectivity index (χ4v) is 5.05. The molecule has 0 aromatic carbocycles. The Morgan fingerprint density at radius 2 is 2.00 bits per heavy atom. The van der Waals surface area contributed by atoms with E-state index in [1.54, 1.807) is 18.2 Å². The Morgan fingerprint density at radius 1 is 1.38 bits per heavy atom. The molecule has 0 radical (unpaired) electrons. The Hall–Kier alpha value is -1.76. The number of rotatable bonds is 7. The van der Waals surface area contributed by atoms with Gasteiger partial charge in [-0.2, -0.15) is 17.5 Å². The molecule has 1 N–H and O–H groups in total. The summed E-state index contributed by atoms with van der Waals surface area (Å²) in [6, 6.07) is 5.92. The zero-order chi connectivity index (χ0) is 24.2. The van der Waals surface area contributed by atoms with Crippen LogP contribution in [-0.2, 0) is 30.9 Å². The molecule has 0 amide bonds. The molecule has 3 heterocycles. The lowest BCUT2D eigenvalue weighted by molar-refractivity contribution is -0.192. The normalized spacial score (nSPS) is 20.7. The van der Waals surface area contributed by atoms with Crippen molar-refractivity contribution >= 4 is 16.0 Å². The zero-order valence-electron chi connectivity index (χ0n) is 18.3. The van der Waals surface area contributed by atoms with E-state index < -0.39 is 22.2 Å². The van der Waals surface area contributed by atoms with Gasteiger partial charge < -0.3 is 14.6 Å². The van der Waals surface area contributed by atoms with E-state index in [2.05, 4.69) is 4.98 Å². The Kier molecular flexibility index (Phi) is 8.65. The third-order valence-electron chi connectivity index (χ3n) is 5.49. The summed E-state index contributed by atoms with van der Waals surface area (Å²) in [5, 5.41) is 6.75. The van der Waals surface area contributed by atoms with E-state index in [9.17, 15) is 21.6 Å². The maximum absolute atomic E-state index is 12.2. The fourth-order valence-electron chi connectivity index (χ4n) is 3.65. The molecular weight excluding hydrogens is 453 g/mol. The maximum atomic E-state index is 12.2. The van der Waals surface area contributed by atoms with Gasteiger partial charge in [0.2, 0.25) is 10.0 Å². The summed E-state index contributed by atoms with van der Waals surface area (Å²) in [6.07, 6.45) is -3.22. The molecule has 182 valence electrons. The number of sulfonamides is 1. The van der Waals surface area contributed by atoms with Crippen molar-refractivity contribution in [3.8, 4) is 0 Å². The van der Waals surface area contributed by atoms with Gasteiger partial charge in [0.05, 0.1) is 23.2 Å². The minimum Gasteiger partial charge on any atom is -0.475 e. The third-order valence-corrected chi connectivity index (χ3v) is 7.66. The number of carboxylic acids is 1. The number of aryl methyl sites for hydroxylation is 1. The first-order valence-corrected chi connectivity index (χ1v) is 11.7. The predicted octanol–water partition coefficient (Wildman–Crippen LogP) is 2.76. The maximum Gasteiger partial charge on any atom is 0.490 e. The topological polar surface area (TPSA) is 106 Å². The molecule has 3 rings (SSSR count). The molecule has 2 aliphatic heterocycles. The number of halogens is 3. The predicted molar refractivity (Wildman–Crippen MR) is 109 cm³/mol. The number of hydrogen-bond donors (Lipinski definition) is 1. The molecule has 2 saturated heterocycles. The van der Waals surface area contributed by atoms with Gasteiger partial charge in [0.1, 0.15) is 0 Å². The SMILES string of the molecule is Cc1cccc(COCCC2CCOC23CN(S(=O)(=O)C(C)C)C3)n1.O=C(O)C(F)(F)F. The highest BCUT2D eigenvalue weighted by Crippen LogP contribution is 2.43. The number of ether oxygens (including phenoxy) is 2. The molecule has 32 heavy (non-hydrogen) atoms. The molecule has 0 saturated carbocycles. The Bertz CT molecular complexity index is 886. The molecule has 8 nitrogen and oxygen atoms in total. The van der Waals surface area contributed by atoms with Crippen LogP contribution < -0.4 is 0 Å². The lowest BCUT2D eigenvalue weighted by Crippen LogP contribution is -2.66. The number of hydrogen-bond acceptors (Lipinski definition) is 6. The fraction of sp³-hybridized carbons (Fsp3) is 0.700. The van der Waals surface area contributed by atoms with Crippen LogP contribution in [0.15, 0.2) is 18.2 Å². The van der Waals surface area contributed by atoms with Gasteiger partial charge in [-0.05, 0) is 51.7 Å². The molecule has 0 bridgehead atoms. The van der Waals surface area contributed by atoms with E-state index in [0.29, 0.717) is 38.8 Å². The second-order valence-electron chi connectivity index (χ2n) is 8.18. The van der Waals surface area contributed by atoms with Crippen LogP contribution in [-0.4, -0.2) is 72.1 Å². The van der Waals surface area contributed by atoms with Crippen LogP contribution in [0.4, 0.5) is 13.2 Å². The lowest BCUT2D eigenvalue weighted by Gasteiger charge is -2.49. The van der Waals surface area contributed by atoms with Crippen LogP contribution in [0.5, 0.6) is 0 Å². The highest BCUT2D eigenvalue weighted by Gasteiger charge is 2.56. The van der Waals surface area contributed by atoms with Crippen molar-refractivity contribution in [2.24, 2.45) is 5.92 Å². The first-order valence-electron chi connectivity index (χ1n) is 10.2. The van der Waals surface area contributed by atoms with Crippen LogP contribution in [0.3, 0.4) is 0 Å². The number of nitrogens with zero attached hydrogens (tertiary/aromatic N) is 2. The molecule has 0 aliphatic carbocycles. The minimum absolute atomic E-state index is 0.299. The van der Waals surface area contributed by atoms with Crippen molar-refractivity contribution in [1.29, 1.82) is 0 Å². The van der Waals surface area contributed by atoms with E-state index in [1.165, 1.54) is 0 Å². The number of pyridine rings is 1. The van der Waals surface area contributed by atoms with Crippen LogP contribution in [0.25, 0.3) is 0 Å². The van der Waals surface area contributed by atoms with Gasteiger partial charge in [0, 0.05) is 32.0 Å². The molecule has 1 atom stereocenters. The van der Waals surface area contributed by atoms with Gasteiger partial charge in [-0.15, -0.1) is 0 Å². The average Bonchev–Trinajstić information content (AvgIpc) is 3.08. The quantitative estimate of drug-likeness (QED) is 0.596. The van der Waals surface area contributed by atoms with Gasteiger partial charge in [-0.1, -0.05) is 6.07 Å². The molecule has 1 unspecified atom stereocenters. The lowest BCUT2D eigenvalue weighted by atomic mass is 9.80. The summed E-state index contributed by atoms with van der Waals surface area (Å²) in [5.74, 6) is -2.40. The van der Waals surface area contributed by atoms with Crippen molar-refractivity contribution in [2.45, 2.75) is 57.2 Å². The van der Waals surface area contributed by atoms with Gasteiger partial charge >= 0.3 is 12.1 Å². The van der Waals surface area contributed by atoms with E-state index in [1.807, 2.05) is 25.1 Å². The van der Waals surface area contributed by atoms with Crippen LogP contribution in [0.1, 0.15) is 38.1 Å². The summed E-state index contributed by atoms with van der Waals surface area (Å²) in [7, 11) is -3.18. The standard InChI is InChI=1S/C18H28N2O4S.C2HF3O2/c1-14(2)25(21,22)20-12-18(13-20)16(8-10-24-18)7-9-23-11-17-6-4-5-15(3)19-17;3-2(4,5)1(6)7/h4-6,14,16H,7-13H2,1-3H3;(H,6,7). The summed E-state index contributed by atoms with van der Waals surface area (Å²) >= 11 is 0. The highest BCUT2D eigenvalue weighted by molar-refractivity contribution is 7.89. The number of carboxylic acid groups (broad SMARTS) is 1. The Labute approximate surface area is 185 Å². The van der Waals surface area contributed by atoms with Crippen LogP contribution in [0.2, 0.25) is 0 Å². The molecule has 12 heteroatoms. The van der Waals surface area contributed by atoms with Crippen molar-refractivity contribution in [1.82, 2.24) is 9.29 Å². The van der Waals surface area contributed by atoms with E-state index in [4.69, 9.17) is 19.4 Å². The second kappa shape index (κ2) is 10.4. The van der Waals surface area contributed by atoms with Crippen molar-refractivity contribution < 1.29 is 41.0 Å². The average molecular weight is 483 g/mol. The molecule has 2 aliphatic rings. The van der Waals surface area contributed by atoms with Gasteiger partial charge in [-0.25, -0.2) is 13.2 Å². The smallest absolute Gasteiger partial charge is 0.475 e. The molecule has 1 spiro atoms. The number of aliphatic carboxylic acids is 1. The number of carbonyl (C=O) groups is 1. The molecule has 1 aromatic rings. The van der Waals surface area contributed by atoms with Crippen molar-refractivity contribution in [2.75, 3.05) is 26.3 Å². The summed E-state index contributed by atoms with van der Waals surface area (Å²) in [6.45, 7) is 8.24. The monoisotopic (exact) mass is 482 g/mol. The number of aromatic nitrogens is 1. The van der Waals surface area contributed by atoms with Gasteiger partial charge in [0.25, 0.3) is 0 Å². The summed E-state index contributed by atoms with van der Waals surface area (Å²) in [5.41, 5.74) is 1.63. The van der Waals surface area contributed by atoms with Gasteiger partial charge in [-0.3, -0.25) is 4.98 Å². The largest absolute Gasteiger partial charge is 0.490 e. The Morgan fingerprint density at radius 3 is 2.53 bits per heavy atom. The number of alkyl halides is 3.